The fraction of sp³-hybridized carbons (Fsp3) is 0.333. The van der Waals surface area contributed by atoms with Crippen LogP contribution in [0.4, 0.5) is 4.79 Å². The van der Waals surface area contributed by atoms with Crippen LogP contribution < -0.4 is 5.32 Å². The summed E-state index contributed by atoms with van der Waals surface area (Å²) in [6.45, 7) is 5.76. The van der Waals surface area contributed by atoms with E-state index in [1.54, 1.807) is 19.9 Å². The van der Waals surface area contributed by atoms with Gasteiger partial charge in [0.05, 0.1) is 6.61 Å². The predicted molar refractivity (Wildman–Crippen MR) is 87.1 cm³/mol. The number of rotatable bonds is 5. The summed E-state index contributed by atoms with van der Waals surface area (Å²) in [4.78, 5) is 22.8. The molecule has 0 spiro atoms. The van der Waals surface area contributed by atoms with Crippen molar-refractivity contribution < 1.29 is 19.1 Å². The Morgan fingerprint density at radius 2 is 1.96 bits per heavy atom. The molecule has 0 aliphatic heterocycles. The summed E-state index contributed by atoms with van der Waals surface area (Å²) in [5.74, 6) is 4.37. The molecule has 23 heavy (non-hydrogen) atoms. The van der Waals surface area contributed by atoms with Crippen molar-refractivity contribution in [1.82, 2.24) is 5.32 Å². The summed E-state index contributed by atoms with van der Waals surface area (Å²) >= 11 is 0. The number of allylic oxidation sites excluding steroid dienone is 2. The van der Waals surface area contributed by atoms with Gasteiger partial charge >= 0.3 is 12.1 Å². The molecule has 0 aromatic heterocycles. The van der Waals surface area contributed by atoms with Gasteiger partial charge in [0, 0.05) is 17.5 Å². The highest BCUT2D eigenvalue weighted by Crippen LogP contribution is 2.03. The molecule has 0 radical (unpaired) electrons. The number of carbonyl (C=O) groups excluding carboxylic acids is 2. The van der Waals surface area contributed by atoms with Gasteiger partial charge in [0.15, 0.2) is 0 Å². The van der Waals surface area contributed by atoms with Crippen LogP contribution in [0.3, 0.4) is 0 Å². The second-order valence-electron chi connectivity index (χ2n) is 4.81. The number of ether oxygens (including phenoxy) is 2. The smallest absolute Gasteiger partial charge is 0.411 e. The Hall–Kier alpha value is -2.74. The van der Waals surface area contributed by atoms with Gasteiger partial charge in [-0.2, -0.15) is 0 Å². The number of hydrogen-bond donors (Lipinski definition) is 1. The molecule has 0 fully saturated rings. The third kappa shape index (κ3) is 8.32. The van der Waals surface area contributed by atoms with Crippen molar-refractivity contribution in [2.75, 3.05) is 6.61 Å². The molecular formula is C18H21NO4. The second kappa shape index (κ2) is 10.1. The van der Waals surface area contributed by atoms with E-state index in [0.717, 1.165) is 5.56 Å². The highest BCUT2D eigenvalue weighted by atomic mass is 16.5. The van der Waals surface area contributed by atoms with Crippen LogP contribution in [0.25, 0.3) is 0 Å². The molecule has 1 aromatic rings. The van der Waals surface area contributed by atoms with Crippen LogP contribution in [0.2, 0.25) is 0 Å². The van der Waals surface area contributed by atoms with E-state index in [4.69, 9.17) is 9.47 Å². The number of amides is 1. The van der Waals surface area contributed by atoms with Crippen LogP contribution >= 0.6 is 0 Å². The van der Waals surface area contributed by atoms with Gasteiger partial charge in [-0.1, -0.05) is 42.3 Å². The van der Waals surface area contributed by atoms with Crippen molar-refractivity contribution in [3.63, 3.8) is 0 Å². The van der Waals surface area contributed by atoms with E-state index in [9.17, 15) is 9.59 Å². The maximum atomic E-state index is 11.7. The molecule has 5 nitrogen and oxygen atoms in total. The largest absolute Gasteiger partial charge is 0.456 e. The number of alkyl carbamates (subject to hydrolysis) is 1. The Kier molecular flexibility index (Phi) is 8.01. The Bertz CT molecular complexity index is 611. The minimum absolute atomic E-state index is 0.200. The molecule has 0 aliphatic rings. The van der Waals surface area contributed by atoms with Crippen LogP contribution in [0.15, 0.2) is 42.1 Å². The highest BCUT2D eigenvalue weighted by Gasteiger charge is 2.04. The van der Waals surface area contributed by atoms with Crippen LogP contribution in [-0.2, 0) is 20.9 Å². The number of nitrogens with one attached hydrogen (secondary N) is 1. The minimum atomic E-state index is -0.555. The van der Waals surface area contributed by atoms with Crippen molar-refractivity contribution in [1.29, 1.82) is 0 Å². The Morgan fingerprint density at radius 1 is 1.26 bits per heavy atom. The topological polar surface area (TPSA) is 64.6 Å². The average Bonchev–Trinajstić information content (AvgIpc) is 2.52. The molecule has 1 aromatic carbocycles. The first-order chi connectivity index (χ1) is 11.0. The van der Waals surface area contributed by atoms with Gasteiger partial charge in [-0.25, -0.2) is 9.59 Å². The molecule has 1 rings (SSSR count). The van der Waals surface area contributed by atoms with Crippen molar-refractivity contribution in [2.45, 2.75) is 27.4 Å². The zero-order valence-corrected chi connectivity index (χ0v) is 13.6. The molecule has 5 heteroatoms. The molecule has 1 N–H and O–H groups in total. The summed E-state index contributed by atoms with van der Waals surface area (Å²) in [6, 6.07) is 9.42. The molecule has 1 unspecified atom stereocenters. The summed E-state index contributed by atoms with van der Waals surface area (Å²) in [6.07, 6.45) is 1.20. The zero-order chi connectivity index (χ0) is 17.1. The Morgan fingerprint density at radius 3 is 2.61 bits per heavy atom. The van der Waals surface area contributed by atoms with Gasteiger partial charge in [0.2, 0.25) is 0 Å². The molecular weight excluding hydrogens is 294 g/mol. The van der Waals surface area contributed by atoms with Crippen LogP contribution in [-0.4, -0.2) is 18.7 Å². The third-order valence-electron chi connectivity index (χ3n) is 2.69. The van der Waals surface area contributed by atoms with Gasteiger partial charge in [0.25, 0.3) is 0 Å². The lowest BCUT2D eigenvalue weighted by atomic mass is 10.1. The SMILES string of the molecule is CCOC(=O)C#CC(C)/C=C(\C)NC(=O)OCc1ccccc1. The van der Waals surface area contributed by atoms with Crippen LogP contribution in [0.5, 0.6) is 0 Å². The lowest BCUT2D eigenvalue weighted by Gasteiger charge is -2.08. The van der Waals surface area contributed by atoms with Gasteiger partial charge in [-0.05, 0) is 26.3 Å². The van der Waals surface area contributed by atoms with Gasteiger partial charge in [-0.3, -0.25) is 5.32 Å². The lowest BCUT2D eigenvalue weighted by molar-refractivity contribution is -0.136. The Labute approximate surface area is 136 Å². The van der Waals surface area contributed by atoms with E-state index in [-0.39, 0.29) is 12.5 Å². The van der Waals surface area contributed by atoms with Crippen molar-refractivity contribution >= 4 is 12.1 Å². The van der Waals surface area contributed by atoms with Crippen molar-refractivity contribution in [2.24, 2.45) is 5.92 Å². The summed E-state index contributed by atoms with van der Waals surface area (Å²) in [5, 5.41) is 2.61. The summed E-state index contributed by atoms with van der Waals surface area (Å²) < 4.78 is 9.82. The number of esters is 1. The molecule has 0 bridgehead atoms. The summed E-state index contributed by atoms with van der Waals surface area (Å²) in [7, 11) is 0. The first-order valence-electron chi connectivity index (χ1n) is 7.35. The van der Waals surface area contributed by atoms with Crippen molar-refractivity contribution in [3.05, 3.63) is 47.7 Å². The Balaban J connectivity index is 2.42. The molecule has 0 heterocycles. The lowest BCUT2D eigenvalue weighted by Crippen LogP contribution is -2.22. The molecule has 0 aliphatic carbocycles. The highest BCUT2D eigenvalue weighted by molar-refractivity contribution is 5.88. The minimum Gasteiger partial charge on any atom is -0.456 e. The van der Waals surface area contributed by atoms with E-state index >= 15 is 0 Å². The first kappa shape index (κ1) is 18.3. The van der Waals surface area contributed by atoms with E-state index < -0.39 is 12.1 Å². The molecule has 1 amide bonds. The zero-order valence-electron chi connectivity index (χ0n) is 13.6. The summed E-state index contributed by atoms with van der Waals surface area (Å²) in [5.41, 5.74) is 1.52. The molecule has 122 valence electrons. The second-order valence-corrected chi connectivity index (χ2v) is 4.81. The maximum Gasteiger partial charge on any atom is 0.411 e. The van der Waals surface area contributed by atoms with E-state index in [1.165, 1.54) is 0 Å². The number of carbonyl (C=O) groups is 2. The average molecular weight is 315 g/mol. The van der Waals surface area contributed by atoms with E-state index in [1.807, 2.05) is 37.3 Å². The monoisotopic (exact) mass is 315 g/mol. The molecule has 0 saturated heterocycles. The fourth-order valence-electron chi connectivity index (χ4n) is 1.72. The van der Waals surface area contributed by atoms with Crippen LogP contribution in [0.1, 0.15) is 26.3 Å². The first-order valence-corrected chi connectivity index (χ1v) is 7.35. The van der Waals surface area contributed by atoms with Gasteiger partial charge < -0.3 is 9.47 Å². The predicted octanol–water partition coefficient (Wildman–Crippen LogP) is 3.02. The normalized spacial score (nSPS) is 11.7. The van der Waals surface area contributed by atoms with E-state index in [0.29, 0.717) is 12.3 Å². The molecule has 1 atom stereocenters. The van der Waals surface area contributed by atoms with Crippen molar-refractivity contribution in [3.8, 4) is 11.8 Å². The number of hydrogen-bond acceptors (Lipinski definition) is 4. The standard InChI is InChI=1S/C18H21NO4/c1-4-22-17(20)11-10-14(2)12-15(3)19-18(21)23-13-16-8-6-5-7-9-16/h5-9,12,14H,4,13H2,1-3H3,(H,19,21)/b15-12+. The quantitative estimate of drug-likeness (QED) is 0.515. The number of benzene rings is 1. The van der Waals surface area contributed by atoms with Gasteiger partial charge in [0.1, 0.15) is 6.61 Å². The maximum absolute atomic E-state index is 11.7. The molecule has 0 saturated carbocycles. The fourth-order valence-corrected chi connectivity index (χ4v) is 1.72. The van der Waals surface area contributed by atoms with E-state index in [2.05, 4.69) is 17.2 Å². The van der Waals surface area contributed by atoms with Gasteiger partial charge in [-0.15, -0.1) is 0 Å². The van der Waals surface area contributed by atoms with Crippen LogP contribution in [0, 0.1) is 17.8 Å². The third-order valence-corrected chi connectivity index (χ3v) is 2.69.